The highest BCUT2D eigenvalue weighted by molar-refractivity contribution is 5.88. The van der Waals surface area contributed by atoms with Crippen molar-refractivity contribution in [2.45, 2.75) is 32.3 Å². The molecule has 1 N–H and O–H groups in total. The lowest BCUT2D eigenvalue weighted by Gasteiger charge is -2.05. The average molecular weight is 402 g/mol. The van der Waals surface area contributed by atoms with Gasteiger partial charge in [0.1, 0.15) is 35.1 Å². The van der Waals surface area contributed by atoms with Crippen LogP contribution in [-0.2, 0) is 23.0 Å². The van der Waals surface area contributed by atoms with Gasteiger partial charge in [-0.3, -0.25) is 9.59 Å². The van der Waals surface area contributed by atoms with Crippen LogP contribution in [0.2, 0.25) is 0 Å². The zero-order valence-electron chi connectivity index (χ0n) is 16.7. The number of aromatic amines is 1. The molecular weight excluding hydrogens is 382 g/mol. The number of imidazole rings is 1. The van der Waals surface area contributed by atoms with Crippen molar-refractivity contribution >= 4 is 33.8 Å². The summed E-state index contributed by atoms with van der Waals surface area (Å²) in [5.41, 5.74) is 3.29. The molecule has 8 heteroatoms. The lowest BCUT2D eigenvalue weighted by atomic mass is 10.0. The summed E-state index contributed by atoms with van der Waals surface area (Å²) in [6.07, 6.45) is 3.56. The maximum Gasteiger partial charge on any atom is 0.338 e. The lowest BCUT2D eigenvalue weighted by molar-refractivity contribution is -0.653. The molecule has 1 aliphatic rings. The van der Waals surface area contributed by atoms with E-state index in [9.17, 15) is 14.9 Å². The van der Waals surface area contributed by atoms with E-state index in [1.165, 1.54) is 0 Å². The first kappa shape index (κ1) is 18.3. The molecule has 1 aromatic carbocycles. The molecule has 0 unspecified atom stereocenters. The first-order valence-corrected chi connectivity index (χ1v) is 9.97. The fourth-order valence-corrected chi connectivity index (χ4v) is 4.34. The van der Waals surface area contributed by atoms with Crippen LogP contribution in [0.1, 0.15) is 31.0 Å². The number of carbonyl (C=O) groups excluding carboxylic acids is 1. The third-order valence-electron chi connectivity index (χ3n) is 5.98. The van der Waals surface area contributed by atoms with Crippen molar-refractivity contribution in [1.82, 2.24) is 14.4 Å². The van der Waals surface area contributed by atoms with Gasteiger partial charge in [0.2, 0.25) is 0 Å². The molecule has 30 heavy (non-hydrogen) atoms. The Balaban J connectivity index is 1.73. The molecule has 4 heterocycles. The molecule has 3 aromatic heterocycles. The van der Waals surface area contributed by atoms with Gasteiger partial charge in [0.05, 0.1) is 30.4 Å². The smallest absolute Gasteiger partial charge is 0.338 e. The van der Waals surface area contributed by atoms with Crippen molar-refractivity contribution in [2.75, 3.05) is 0 Å². The number of nitrogens with zero attached hydrogens (tertiary/aromatic N) is 4. The molecular formula is C22H20N5O3+. The number of hydrogen-bond donors (Lipinski definition) is 1. The monoisotopic (exact) mass is 402 g/mol. The quantitative estimate of drug-likeness (QED) is 0.320. The molecule has 0 amide bonds. The van der Waals surface area contributed by atoms with Crippen molar-refractivity contribution in [3.05, 3.63) is 51.9 Å². The summed E-state index contributed by atoms with van der Waals surface area (Å²) < 4.78 is 9.02. The minimum atomic E-state index is -0.359. The van der Waals surface area contributed by atoms with E-state index in [4.69, 9.17) is 9.72 Å². The standard InChI is InChI=1S/C22H19N5O3/c1-3-12-8-14(30-22(12)29)9-13-11-27-20-18(15(10-23)19(28)21(27)26(13)2)24-16-6-4-5-7-17(16)25-20/h4-7,11-12,14H,3,8-9H2,1-2H3/p+1/t12-,14-/m1/s1. The van der Waals surface area contributed by atoms with Gasteiger partial charge in [0.15, 0.2) is 0 Å². The first-order valence-electron chi connectivity index (χ1n) is 9.97. The number of H-pyrrole nitrogens is 1. The van der Waals surface area contributed by atoms with Crippen LogP contribution in [0.4, 0.5) is 0 Å². The summed E-state index contributed by atoms with van der Waals surface area (Å²) in [5, 5.41) is 9.69. The second-order valence-electron chi connectivity index (χ2n) is 7.75. The minimum Gasteiger partial charge on any atom is -0.462 e. The number of carbonyl (C=O) groups is 1. The van der Waals surface area contributed by atoms with Gasteiger partial charge >= 0.3 is 11.6 Å². The summed E-state index contributed by atoms with van der Waals surface area (Å²) in [6.45, 7) is 1.98. The third-order valence-corrected chi connectivity index (χ3v) is 5.98. The van der Waals surface area contributed by atoms with Crippen molar-refractivity contribution in [3.63, 3.8) is 0 Å². The number of ether oxygens (including phenoxy) is 1. The van der Waals surface area contributed by atoms with Gasteiger partial charge < -0.3 is 9.72 Å². The molecule has 1 saturated heterocycles. The highest BCUT2D eigenvalue weighted by atomic mass is 16.5. The molecule has 0 spiro atoms. The predicted molar refractivity (Wildman–Crippen MR) is 109 cm³/mol. The fourth-order valence-electron chi connectivity index (χ4n) is 4.34. The zero-order valence-corrected chi connectivity index (χ0v) is 16.7. The fraction of sp³-hybridized carbons (Fsp3) is 0.318. The average Bonchev–Trinajstić information content (AvgIpc) is 3.27. The Labute approximate surface area is 171 Å². The number of esters is 1. The number of nitriles is 1. The molecule has 5 rings (SSSR count). The Hall–Kier alpha value is -3.73. The second kappa shape index (κ2) is 6.66. The Kier molecular flexibility index (Phi) is 4.07. The molecule has 1 fully saturated rings. The van der Waals surface area contributed by atoms with Crippen molar-refractivity contribution in [2.24, 2.45) is 13.0 Å². The van der Waals surface area contributed by atoms with Gasteiger partial charge in [-0.25, -0.2) is 9.55 Å². The lowest BCUT2D eigenvalue weighted by Crippen LogP contribution is -2.37. The predicted octanol–water partition coefficient (Wildman–Crippen LogP) is 1.91. The second-order valence-corrected chi connectivity index (χ2v) is 7.75. The Morgan fingerprint density at radius 2 is 2.17 bits per heavy atom. The third kappa shape index (κ3) is 2.59. The largest absolute Gasteiger partial charge is 0.462 e. The van der Waals surface area contributed by atoms with Crippen molar-refractivity contribution in [3.8, 4) is 6.07 Å². The van der Waals surface area contributed by atoms with E-state index in [1.807, 2.05) is 43.5 Å². The summed E-state index contributed by atoms with van der Waals surface area (Å²) in [7, 11) is 1.79. The molecule has 8 nitrogen and oxygen atoms in total. The summed E-state index contributed by atoms with van der Waals surface area (Å²) in [4.78, 5) is 33.0. The summed E-state index contributed by atoms with van der Waals surface area (Å²) in [6, 6.07) is 9.54. The van der Waals surface area contributed by atoms with Crippen LogP contribution >= 0.6 is 0 Å². The SMILES string of the molecule is CC[C@@H]1C[C@H](Cc2cn3c4nc5ccccc5[nH]c4c(C#N)c(=O)c3[n+]2C)OC1=O. The van der Waals surface area contributed by atoms with E-state index < -0.39 is 0 Å². The van der Waals surface area contributed by atoms with Gasteiger partial charge in [0.25, 0.3) is 11.1 Å². The van der Waals surface area contributed by atoms with Gasteiger partial charge in [-0.15, -0.1) is 0 Å². The molecule has 1 aliphatic heterocycles. The maximum absolute atomic E-state index is 13.1. The van der Waals surface area contributed by atoms with Crippen LogP contribution < -0.4 is 10.00 Å². The van der Waals surface area contributed by atoms with E-state index in [2.05, 4.69) is 4.98 Å². The number of aromatic nitrogens is 4. The molecule has 0 aliphatic carbocycles. The number of pyridine rings is 1. The Bertz CT molecular complexity index is 1440. The minimum absolute atomic E-state index is 0.0364. The van der Waals surface area contributed by atoms with Crippen LogP contribution in [0.25, 0.3) is 27.8 Å². The number of hydrogen-bond acceptors (Lipinski definition) is 5. The Morgan fingerprint density at radius 1 is 1.37 bits per heavy atom. The molecule has 150 valence electrons. The number of cyclic esters (lactones) is 1. The molecule has 0 radical (unpaired) electrons. The Morgan fingerprint density at radius 3 is 2.90 bits per heavy atom. The van der Waals surface area contributed by atoms with E-state index >= 15 is 0 Å². The normalized spacial score (nSPS) is 18.9. The number of rotatable bonds is 3. The van der Waals surface area contributed by atoms with Crippen LogP contribution in [0, 0.1) is 17.2 Å². The number of nitrogens with one attached hydrogen (secondary N) is 1. The number of fused-ring (bicyclic) bond motifs is 4. The number of benzene rings is 1. The van der Waals surface area contributed by atoms with Gasteiger partial charge in [-0.1, -0.05) is 19.1 Å². The molecule has 4 aromatic rings. The van der Waals surface area contributed by atoms with Gasteiger partial charge in [-0.05, 0) is 25.0 Å². The van der Waals surface area contributed by atoms with Crippen LogP contribution in [0.15, 0.2) is 35.3 Å². The van der Waals surface area contributed by atoms with E-state index in [0.29, 0.717) is 29.7 Å². The molecule has 0 bridgehead atoms. The first-order chi connectivity index (χ1) is 14.5. The maximum atomic E-state index is 13.1. The van der Waals surface area contributed by atoms with E-state index in [1.54, 1.807) is 16.0 Å². The van der Waals surface area contributed by atoms with Crippen molar-refractivity contribution in [1.29, 1.82) is 5.26 Å². The van der Waals surface area contributed by atoms with Crippen LogP contribution in [0.5, 0.6) is 0 Å². The van der Waals surface area contributed by atoms with Gasteiger partial charge in [-0.2, -0.15) is 9.66 Å². The van der Waals surface area contributed by atoms with Crippen LogP contribution in [0.3, 0.4) is 0 Å². The number of para-hydroxylation sites is 2. The van der Waals surface area contributed by atoms with E-state index in [0.717, 1.165) is 23.1 Å². The van der Waals surface area contributed by atoms with E-state index in [-0.39, 0.29) is 29.0 Å². The van der Waals surface area contributed by atoms with Gasteiger partial charge in [0, 0.05) is 0 Å². The highest BCUT2D eigenvalue weighted by Crippen LogP contribution is 2.26. The topological polar surface area (TPSA) is 104 Å². The molecule has 2 atom stereocenters. The zero-order chi connectivity index (χ0) is 21.0. The summed E-state index contributed by atoms with van der Waals surface area (Å²) >= 11 is 0. The molecule has 0 saturated carbocycles. The summed E-state index contributed by atoms with van der Waals surface area (Å²) in [5.74, 6) is -0.223. The number of aryl methyl sites for hydroxylation is 1. The van der Waals surface area contributed by atoms with Crippen LogP contribution in [-0.4, -0.2) is 26.4 Å². The highest BCUT2D eigenvalue weighted by Gasteiger charge is 2.35. The van der Waals surface area contributed by atoms with Crippen molar-refractivity contribution < 1.29 is 14.1 Å².